The summed E-state index contributed by atoms with van der Waals surface area (Å²) in [7, 11) is 0. The lowest BCUT2D eigenvalue weighted by atomic mass is 10.0. The van der Waals surface area contributed by atoms with Gasteiger partial charge in [-0.3, -0.25) is 4.79 Å². The first-order valence-corrected chi connectivity index (χ1v) is 5.73. The van der Waals surface area contributed by atoms with E-state index in [0.717, 1.165) is 37.4 Å². The molecule has 2 rings (SSSR count). The molecule has 0 spiro atoms. The van der Waals surface area contributed by atoms with Crippen LogP contribution in [0.2, 0.25) is 0 Å². The van der Waals surface area contributed by atoms with Crippen LogP contribution < -0.4 is 0 Å². The Morgan fingerprint density at radius 1 is 1.53 bits per heavy atom. The number of piperidine rings is 1. The minimum atomic E-state index is 0.0151. The Bertz CT molecular complexity index is 450. The van der Waals surface area contributed by atoms with Gasteiger partial charge >= 0.3 is 0 Å². The van der Waals surface area contributed by atoms with Crippen molar-refractivity contribution in [2.75, 3.05) is 13.1 Å². The molecular formula is C13H16N2O2. The van der Waals surface area contributed by atoms with E-state index >= 15 is 0 Å². The molecule has 1 aliphatic heterocycles. The lowest BCUT2D eigenvalue weighted by molar-refractivity contribution is -0.126. The van der Waals surface area contributed by atoms with E-state index in [-0.39, 0.29) is 5.91 Å². The molecule has 0 atom stereocenters. The fourth-order valence-corrected chi connectivity index (χ4v) is 1.95. The van der Waals surface area contributed by atoms with E-state index in [9.17, 15) is 4.79 Å². The van der Waals surface area contributed by atoms with Crippen LogP contribution in [0.15, 0.2) is 28.8 Å². The minimum Gasteiger partial charge on any atom is -0.361 e. The summed E-state index contributed by atoms with van der Waals surface area (Å²) < 4.78 is 5.01. The lowest BCUT2D eigenvalue weighted by Crippen LogP contribution is -2.35. The van der Waals surface area contributed by atoms with E-state index in [1.807, 2.05) is 24.0 Å². The van der Waals surface area contributed by atoms with Gasteiger partial charge in [-0.2, -0.15) is 0 Å². The second kappa shape index (κ2) is 4.99. The molecule has 0 unspecified atom stereocenters. The van der Waals surface area contributed by atoms with E-state index in [2.05, 4.69) is 11.7 Å². The molecule has 1 aromatic rings. The number of likely N-dealkylation sites (tertiary alicyclic amines) is 1. The van der Waals surface area contributed by atoms with Crippen LogP contribution in [0.3, 0.4) is 0 Å². The zero-order valence-electron chi connectivity index (χ0n) is 9.98. The largest absolute Gasteiger partial charge is 0.361 e. The van der Waals surface area contributed by atoms with Crippen molar-refractivity contribution in [2.24, 2.45) is 0 Å². The van der Waals surface area contributed by atoms with Crippen molar-refractivity contribution in [3.8, 4) is 0 Å². The number of aryl methyl sites for hydroxylation is 1. The van der Waals surface area contributed by atoms with Gasteiger partial charge in [0.2, 0.25) is 5.91 Å². The van der Waals surface area contributed by atoms with Crippen molar-refractivity contribution in [1.29, 1.82) is 0 Å². The lowest BCUT2D eigenvalue weighted by Gasteiger charge is -2.27. The van der Waals surface area contributed by atoms with Gasteiger partial charge in [-0.15, -0.1) is 0 Å². The predicted molar refractivity (Wildman–Crippen MR) is 65.2 cm³/mol. The van der Waals surface area contributed by atoms with Gasteiger partial charge < -0.3 is 9.42 Å². The number of carbonyl (C=O) groups is 1. The molecule has 0 aromatic carbocycles. The summed E-state index contributed by atoms with van der Waals surface area (Å²) in [5.74, 6) is 0.831. The molecule has 1 amide bonds. The minimum absolute atomic E-state index is 0.0151. The molecule has 4 nitrogen and oxygen atoms in total. The third-order valence-corrected chi connectivity index (χ3v) is 2.89. The number of hydrogen-bond donors (Lipinski definition) is 0. The molecule has 1 saturated heterocycles. The van der Waals surface area contributed by atoms with Crippen molar-refractivity contribution in [3.63, 3.8) is 0 Å². The first-order valence-electron chi connectivity index (χ1n) is 5.73. The molecule has 0 saturated carbocycles. The Labute approximate surface area is 101 Å². The first-order chi connectivity index (χ1) is 8.19. The van der Waals surface area contributed by atoms with Crippen molar-refractivity contribution in [1.82, 2.24) is 10.1 Å². The Balaban J connectivity index is 1.97. The molecule has 0 bridgehead atoms. The Morgan fingerprint density at radius 2 is 2.24 bits per heavy atom. The molecule has 0 N–H and O–H groups in total. The van der Waals surface area contributed by atoms with Crippen molar-refractivity contribution < 1.29 is 9.32 Å². The van der Waals surface area contributed by atoms with Crippen LogP contribution in [0.1, 0.15) is 24.3 Å². The third kappa shape index (κ3) is 2.84. The number of amides is 1. The molecule has 0 aliphatic carbocycles. The van der Waals surface area contributed by atoms with E-state index in [1.165, 1.54) is 11.6 Å². The fourth-order valence-electron chi connectivity index (χ4n) is 1.95. The molecule has 2 heterocycles. The first kappa shape index (κ1) is 11.6. The van der Waals surface area contributed by atoms with E-state index < -0.39 is 0 Å². The van der Waals surface area contributed by atoms with Crippen molar-refractivity contribution in [2.45, 2.75) is 19.8 Å². The number of carbonyl (C=O) groups excluding carboxylic acids is 1. The number of hydrogen-bond acceptors (Lipinski definition) is 3. The molecular weight excluding hydrogens is 216 g/mol. The Hall–Kier alpha value is -1.84. The maximum Gasteiger partial charge on any atom is 0.245 e. The molecule has 17 heavy (non-hydrogen) atoms. The topological polar surface area (TPSA) is 46.3 Å². The Kier molecular flexibility index (Phi) is 3.42. The molecule has 1 aromatic heterocycles. The molecule has 90 valence electrons. The molecule has 1 aliphatic rings. The number of aromatic nitrogens is 1. The Morgan fingerprint density at radius 3 is 2.76 bits per heavy atom. The van der Waals surface area contributed by atoms with Crippen LogP contribution >= 0.6 is 0 Å². The van der Waals surface area contributed by atoms with Crippen LogP contribution in [0.25, 0.3) is 6.08 Å². The number of nitrogens with zero attached hydrogens (tertiary/aromatic N) is 2. The maximum atomic E-state index is 11.4. The standard InChI is InChI=1S/C13H16N2O2/c1-3-13(16)15-6-4-11(5-7-15)9-12-8-10(2)17-14-12/h3,8-9H,1,4-7H2,2H3. The predicted octanol–water partition coefficient (Wildman–Crippen LogP) is 2.17. The monoisotopic (exact) mass is 232 g/mol. The molecule has 1 fully saturated rings. The summed E-state index contributed by atoms with van der Waals surface area (Å²) in [6.45, 7) is 6.89. The highest BCUT2D eigenvalue weighted by Gasteiger charge is 2.16. The summed E-state index contributed by atoms with van der Waals surface area (Å²) >= 11 is 0. The van der Waals surface area contributed by atoms with Gasteiger partial charge in [0.25, 0.3) is 0 Å². The van der Waals surface area contributed by atoms with Crippen LogP contribution in [-0.2, 0) is 4.79 Å². The van der Waals surface area contributed by atoms with Gasteiger partial charge in [0, 0.05) is 19.2 Å². The normalized spacial score (nSPS) is 15.8. The third-order valence-electron chi connectivity index (χ3n) is 2.89. The van der Waals surface area contributed by atoms with Gasteiger partial charge in [0.15, 0.2) is 0 Å². The molecule has 4 heteroatoms. The second-order valence-corrected chi connectivity index (χ2v) is 4.19. The van der Waals surface area contributed by atoms with Gasteiger partial charge in [-0.1, -0.05) is 17.3 Å². The summed E-state index contributed by atoms with van der Waals surface area (Å²) in [6, 6.07) is 1.91. The summed E-state index contributed by atoms with van der Waals surface area (Å²) in [6.07, 6.45) is 5.21. The van der Waals surface area contributed by atoms with Crippen molar-refractivity contribution >= 4 is 12.0 Å². The zero-order chi connectivity index (χ0) is 12.3. The summed E-state index contributed by atoms with van der Waals surface area (Å²) in [5, 5.41) is 3.93. The highest BCUT2D eigenvalue weighted by molar-refractivity contribution is 5.87. The number of rotatable bonds is 2. The van der Waals surface area contributed by atoms with Crippen LogP contribution in [0.5, 0.6) is 0 Å². The van der Waals surface area contributed by atoms with Gasteiger partial charge in [-0.05, 0) is 31.9 Å². The highest BCUT2D eigenvalue weighted by atomic mass is 16.5. The van der Waals surface area contributed by atoms with Crippen LogP contribution in [-0.4, -0.2) is 29.1 Å². The maximum absolute atomic E-state index is 11.4. The van der Waals surface area contributed by atoms with Gasteiger partial charge in [0.1, 0.15) is 11.5 Å². The average Bonchev–Trinajstić information content (AvgIpc) is 2.75. The zero-order valence-corrected chi connectivity index (χ0v) is 9.98. The SMILES string of the molecule is C=CC(=O)N1CCC(=Cc2cc(C)on2)CC1. The quantitative estimate of drug-likeness (QED) is 0.734. The van der Waals surface area contributed by atoms with Gasteiger partial charge in [0.05, 0.1) is 0 Å². The second-order valence-electron chi connectivity index (χ2n) is 4.19. The van der Waals surface area contributed by atoms with Crippen LogP contribution in [0.4, 0.5) is 0 Å². The smallest absolute Gasteiger partial charge is 0.245 e. The van der Waals surface area contributed by atoms with E-state index in [0.29, 0.717) is 0 Å². The van der Waals surface area contributed by atoms with E-state index in [1.54, 1.807) is 0 Å². The van der Waals surface area contributed by atoms with E-state index in [4.69, 9.17) is 4.52 Å². The fraction of sp³-hybridized carbons (Fsp3) is 0.385. The highest BCUT2D eigenvalue weighted by Crippen LogP contribution is 2.19. The van der Waals surface area contributed by atoms with Crippen LogP contribution in [0, 0.1) is 6.92 Å². The molecule has 0 radical (unpaired) electrons. The summed E-state index contributed by atoms with van der Waals surface area (Å²) in [5.41, 5.74) is 2.17. The average molecular weight is 232 g/mol. The van der Waals surface area contributed by atoms with Crippen molar-refractivity contribution in [3.05, 3.63) is 35.7 Å². The summed E-state index contributed by atoms with van der Waals surface area (Å²) in [4.78, 5) is 13.2. The van der Waals surface area contributed by atoms with Gasteiger partial charge in [-0.25, -0.2) is 0 Å².